The molecule has 0 radical (unpaired) electrons. The van der Waals surface area contributed by atoms with E-state index in [1.807, 2.05) is 0 Å². The van der Waals surface area contributed by atoms with E-state index < -0.39 is 22.7 Å². The molecule has 0 bridgehead atoms. The van der Waals surface area contributed by atoms with Crippen molar-refractivity contribution in [3.63, 3.8) is 0 Å². The Morgan fingerprint density at radius 3 is 1.60 bits per heavy atom. The van der Waals surface area contributed by atoms with Gasteiger partial charge in [0.1, 0.15) is 0 Å². The van der Waals surface area contributed by atoms with Crippen LogP contribution in [0, 0.1) is 0 Å². The summed E-state index contributed by atoms with van der Waals surface area (Å²) >= 11 is -0.770. The molecule has 0 aromatic carbocycles. The zero-order chi connectivity index (χ0) is 4.28. The van der Waals surface area contributed by atoms with Crippen LogP contribution >= 0.6 is 0 Å². The summed E-state index contributed by atoms with van der Waals surface area (Å²) in [6.07, 6.45) is 0. The third-order valence-electron chi connectivity index (χ3n) is 0.816. The summed E-state index contributed by atoms with van der Waals surface area (Å²) in [6, 6.07) is 0. The fourth-order valence-electron chi connectivity index (χ4n) is 0. The van der Waals surface area contributed by atoms with Gasteiger partial charge < -0.3 is 0 Å². The number of hydrogen-bond donors (Lipinski definition) is 0. The van der Waals surface area contributed by atoms with Crippen molar-refractivity contribution in [1.82, 2.24) is 0 Å². The molecule has 0 aliphatic carbocycles. The average Bonchev–Trinajstić information content (AvgIpc) is 1.38. The van der Waals surface area contributed by atoms with Crippen molar-refractivity contribution in [2.75, 3.05) is 0 Å². The van der Waals surface area contributed by atoms with Crippen molar-refractivity contribution in [3.05, 3.63) is 0 Å². The van der Waals surface area contributed by atoms with E-state index in [2.05, 4.69) is 15.9 Å². The standard InChI is InChI=1S/C2H5.2CH3.Pb.H/c1-2;;;;/h1H2,2H3;2*1H3;;. The summed E-state index contributed by atoms with van der Waals surface area (Å²) in [4.78, 5) is 0. The van der Waals surface area contributed by atoms with Crippen molar-refractivity contribution >= 4 is 22.7 Å². The third kappa shape index (κ3) is 4.92. The van der Waals surface area contributed by atoms with E-state index in [0.717, 1.165) is 0 Å². The fraction of sp³-hybridized carbons (Fsp3) is 1.00. The van der Waals surface area contributed by atoms with Gasteiger partial charge in [0.25, 0.3) is 0 Å². The summed E-state index contributed by atoms with van der Waals surface area (Å²) in [5.41, 5.74) is 0. The van der Waals surface area contributed by atoms with Gasteiger partial charge in [-0.05, 0) is 0 Å². The summed E-state index contributed by atoms with van der Waals surface area (Å²) in [5, 5.41) is 0. The van der Waals surface area contributed by atoms with Crippen LogP contribution in [0.15, 0.2) is 0 Å². The molecule has 0 saturated carbocycles. The minimum atomic E-state index is -0.770. The van der Waals surface area contributed by atoms with Gasteiger partial charge in [-0.1, -0.05) is 0 Å². The Hall–Kier alpha value is 0.922. The summed E-state index contributed by atoms with van der Waals surface area (Å²) in [5.74, 6) is 0. The molecular weight excluding hydrogens is 255 g/mol. The van der Waals surface area contributed by atoms with Gasteiger partial charge in [-0.3, -0.25) is 0 Å². The van der Waals surface area contributed by atoms with Crippen LogP contribution in [0.25, 0.3) is 0 Å². The summed E-state index contributed by atoms with van der Waals surface area (Å²) in [7, 11) is 0. The van der Waals surface area contributed by atoms with E-state index >= 15 is 0 Å². The van der Waals surface area contributed by atoms with Crippen LogP contribution in [0.1, 0.15) is 6.92 Å². The maximum absolute atomic E-state index is 2.44. The van der Waals surface area contributed by atoms with Crippen LogP contribution in [0.3, 0.4) is 0 Å². The Bertz CT molecular complexity index is 17.6. The van der Waals surface area contributed by atoms with Gasteiger partial charge in [0.15, 0.2) is 0 Å². The SMILES string of the molecule is C[CH2][PbH]([CH3])[CH3]. The van der Waals surface area contributed by atoms with E-state index in [9.17, 15) is 0 Å². The second-order valence-corrected chi connectivity index (χ2v) is 15.8. The van der Waals surface area contributed by atoms with E-state index in [-0.39, 0.29) is 0 Å². The molecule has 0 aromatic rings. The van der Waals surface area contributed by atoms with Gasteiger partial charge in [-0.15, -0.1) is 0 Å². The van der Waals surface area contributed by atoms with Crippen LogP contribution in [0.5, 0.6) is 0 Å². The van der Waals surface area contributed by atoms with Crippen molar-refractivity contribution < 1.29 is 0 Å². The minimum absolute atomic E-state index is 0.770. The maximum atomic E-state index is 2.44. The Kier molecular flexibility index (Phi) is 3.70. The molecule has 0 aliphatic rings. The number of hydrogen-bond acceptors (Lipinski definition) is 0. The molecule has 0 atom stereocenters. The molecule has 0 nitrogen and oxygen atoms in total. The second-order valence-electron chi connectivity index (χ2n) is 1.80. The second kappa shape index (κ2) is 3.13. The van der Waals surface area contributed by atoms with Gasteiger partial charge in [-0.2, -0.15) is 0 Å². The van der Waals surface area contributed by atoms with Crippen LogP contribution in [-0.2, 0) is 0 Å². The van der Waals surface area contributed by atoms with Crippen molar-refractivity contribution in [2.45, 2.75) is 19.9 Å². The van der Waals surface area contributed by atoms with Crippen molar-refractivity contribution in [3.8, 4) is 0 Å². The van der Waals surface area contributed by atoms with Gasteiger partial charge in [0.05, 0.1) is 0 Å². The van der Waals surface area contributed by atoms with E-state index in [1.54, 1.807) is 0 Å². The summed E-state index contributed by atoms with van der Waals surface area (Å²) in [6.45, 7) is 2.30. The predicted octanol–water partition coefficient (Wildman–Crippen LogP) is 1.49. The first-order chi connectivity index (χ1) is 2.27. The Morgan fingerprint density at radius 2 is 1.60 bits per heavy atom. The van der Waals surface area contributed by atoms with E-state index in [4.69, 9.17) is 0 Å². The van der Waals surface area contributed by atoms with Crippen molar-refractivity contribution in [2.24, 2.45) is 0 Å². The predicted molar refractivity (Wildman–Crippen MR) is 29.4 cm³/mol. The molecule has 0 amide bonds. The molecule has 5 heavy (non-hydrogen) atoms. The van der Waals surface area contributed by atoms with Gasteiger partial charge in [0.2, 0.25) is 0 Å². The van der Waals surface area contributed by atoms with Crippen LogP contribution in [-0.4, -0.2) is 22.7 Å². The monoisotopic (exact) mass is 268 g/mol. The third-order valence-corrected chi connectivity index (χ3v) is 7.16. The average molecular weight is 267 g/mol. The molecule has 0 saturated heterocycles. The molecule has 0 aliphatic heterocycles. The Balaban J connectivity index is 2.54. The van der Waals surface area contributed by atoms with Crippen LogP contribution in [0.4, 0.5) is 0 Å². The van der Waals surface area contributed by atoms with Crippen LogP contribution < -0.4 is 0 Å². The van der Waals surface area contributed by atoms with E-state index in [1.165, 1.54) is 3.98 Å². The Morgan fingerprint density at radius 1 is 1.40 bits per heavy atom. The molecule has 0 heterocycles. The topological polar surface area (TPSA) is 0 Å². The molecule has 0 spiro atoms. The molecule has 0 aromatic heterocycles. The number of rotatable bonds is 1. The van der Waals surface area contributed by atoms with Crippen molar-refractivity contribution in [1.29, 1.82) is 0 Å². The quantitative estimate of drug-likeness (QED) is 0.632. The molecule has 1 heteroatoms. The first kappa shape index (κ1) is 5.92. The first-order valence-corrected chi connectivity index (χ1v) is 14.4. The molecule has 0 unspecified atom stereocenters. The van der Waals surface area contributed by atoms with E-state index in [0.29, 0.717) is 0 Å². The van der Waals surface area contributed by atoms with Crippen LogP contribution in [0.2, 0.25) is 12.9 Å². The molecule has 0 N–H and O–H groups in total. The normalized spacial score (nSPS) is 9.60. The fourth-order valence-corrected chi connectivity index (χ4v) is 0. The molecule has 0 rings (SSSR count). The van der Waals surface area contributed by atoms with Gasteiger partial charge >= 0.3 is 42.6 Å². The molecular formula is C4H12Pb. The first-order valence-electron chi connectivity index (χ1n) is 2.27. The van der Waals surface area contributed by atoms with Gasteiger partial charge in [-0.25, -0.2) is 0 Å². The molecule has 0 fully saturated rings. The zero-order valence-corrected chi connectivity index (χ0v) is 8.77. The van der Waals surface area contributed by atoms with Gasteiger partial charge in [0, 0.05) is 0 Å². The Labute approximate surface area is 42.7 Å². The zero-order valence-electron chi connectivity index (χ0n) is 4.28. The summed E-state index contributed by atoms with van der Waals surface area (Å²) < 4.78 is 6.42. The molecule has 32 valence electrons.